The van der Waals surface area contributed by atoms with E-state index in [1.54, 1.807) is 0 Å². The minimum absolute atomic E-state index is 0. The summed E-state index contributed by atoms with van der Waals surface area (Å²) < 4.78 is 5.67. The molecule has 0 aliphatic heterocycles. The molecule has 0 spiro atoms. The van der Waals surface area contributed by atoms with Gasteiger partial charge in [0.05, 0.1) is 6.61 Å². The quantitative estimate of drug-likeness (QED) is 0.198. The van der Waals surface area contributed by atoms with Crippen LogP contribution < -0.4 is 20.7 Å². The van der Waals surface area contributed by atoms with Crippen LogP contribution in [0.4, 0.5) is 0 Å². The summed E-state index contributed by atoms with van der Waals surface area (Å²) in [7, 11) is 0. The number of halogens is 1. The van der Waals surface area contributed by atoms with Gasteiger partial charge in [-0.2, -0.15) is 0 Å². The van der Waals surface area contributed by atoms with Crippen molar-refractivity contribution >= 4 is 35.8 Å². The highest BCUT2D eigenvalue weighted by Crippen LogP contribution is 2.17. The number of carbonyl (C=O) groups excluding carboxylic acids is 1. The van der Waals surface area contributed by atoms with E-state index in [0.29, 0.717) is 32.2 Å². The van der Waals surface area contributed by atoms with Crippen molar-refractivity contribution in [3.63, 3.8) is 0 Å². The van der Waals surface area contributed by atoms with Gasteiger partial charge in [0.15, 0.2) is 5.96 Å². The fraction of sp³-hybridized carbons (Fsp3) is 0.619. The summed E-state index contributed by atoms with van der Waals surface area (Å²) in [6, 6.07) is 10.2. The second-order valence-electron chi connectivity index (χ2n) is 6.85. The molecule has 0 radical (unpaired) electrons. The fourth-order valence-corrected chi connectivity index (χ4v) is 3.15. The monoisotopic (exact) mass is 502 g/mol. The van der Waals surface area contributed by atoms with Crippen LogP contribution >= 0.6 is 24.0 Å². The van der Waals surface area contributed by atoms with Gasteiger partial charge in [0.2, 0.25) is 5.91 Å². The number of rotatable bonds is 10. The van der Waals surface area contributed by atoms with Gasteiger partial charge in [-0.05, 0) is 31.9 Å². The van der Waals surface area contributed by atoms with Crippen molar-refractivity contribution < 1.29 is 9.53 Å². The first-order valence-electron chi connectivity index (χ1n) is 10.3. The maximum atomic E-state index is 12.1. The summed E-state index contributed by atoms with van der Waals surface area (Å²) >= 11 is 0. The summed E-state index contributed by atoms with van der Waals surface area (Å²) in [5.41, 5.74) is 0. The first-order valence-corrected chi connectivity index (χ1v) is 10.3. The predicted octanol–water partition coefficient (Wildman–Crippen LogP) is 3.47. The maximum Gasteiger partial charge on any atom is 0.221 e. The van der Waals surface area contributed by atoms with E-state index in [-0.39, 0.29) is 29.9 Å². The van der Waals surface area contributed by atoms with Crippen LogP contribution in [0, 0.1) is 0 Å². The van der Waals surface area contributed by atoms with Crippen molar-refractivity contribution in [2.75, 3.05) is 26.2 Å². The Kier molecular flexibility index (Phi) is 13.5. The lowest BCUT2D eigenvalue weighted by atomic mass is 9.95. The van der Waals surface area contributed by atoms with E-state index >= 15 is 0 Å². The average molecular weight is 502 g/mol. The van der Waals surface area contributed by atoms with E-state index in [0.717, 1.165) is 37.5 Å². The van der Waals surface area contributed by atoms with Crippen molar-refractivity contribution in [3.05, 3.63) is 30.3 Å². The summed E-state index contributed by atoms with van der Waals surface area (Å²) in [5, 5.41) is 9.59. The molecule has 1 fully saturated rings. The Labute approximate surface area is 186 Å². The first-order chi connectivity index (χ1) is 13.3. The molecule has 0 heterocycles. The number of aliphatic imine (C=N–C) groups is 1. The second-order valence-corrected chi connectivity index (χ2v) is 6.85. The van der Waals surface area contributed by atoms with E-state index in [4.69, 9.17) is 4.74 Å². The van der Waals surface area contributed by atoms with Crippen LogP contribution in [0.5, 0.6) is 5.75 Å². The third-order valence-corrected chi connectivity index (χ3v) is 4.54. The van der Waals surface area contributed by atoms with E-state index in [1.165, 1.54) is 19.3 Å². The zero-order chi connectivity index (χ0) is 19.2. The van der Waals surface area contributed by atoms with Crippen molar-refractivity contribution in [2.45, 2.75) is 57.9 Å². The van der Waals surface area contributed by atoms with Crippen molar-refractivity contribution in [3.8, 4) is 5.75 Å². The molecule has 2 rings (SSSR count). The standard InChI is InChI=1S/C21H34N4O2.HI/c1-2-22-21(23-15-9-17-27-19-12-7-4-8-13-19)24-16-14-20(26)25-18-10-5-3-6-11-18;/h4,7-8,12-13,18H,2-3,5-6,9-11,14-17H2,1H3,(H,25,26)(H2,22,23,24);1H. The van der Waals surface area contributed by atoms with Gasteiger partial charge in [-0.15, -0.1) is 24.0 Å². The molecule has 0 unspecified atom stereocenters. The fourth-order valence-electron chi connectivity index (χ4n) is 3.15. The smallest absolute Gasteiger partial charge is 0.221 e. The van der Waals surface area contributed by atoms with Crippen LogP contribution in [-0.2, 0) is 4.79 Å². The number of hydrogen-bond donors (Lipinski definition) is 3. The maximum absolute atomic E-state index is 12.1. The van der Waals surface area contributed by atoms with Gasteiger partial charge < -0.3 is 20.7 Å². The van der Waals surface area contributed by atoms with Gasteiger partial charge in [0.25, 0.3) is 0 Å². The predicted molar refractivity (Wildman–Crippen MR) is 126 cm³/mol. The largest absolute Gasteiger partial charge is 0.494 e. The molecule has 3 N–H and O–H groups in total. The molecule has 7 heteroatoms. The molecular formula is C21H35IN4O2. The zero-order valence-corrected chi connectivity index (χ0v) is 19.2. The van der Waals surface area contributed by atoms with E-state index in [9.17, 15) is 4.79 Å². The first kappa shape index (κ1) is 24.5. The SMILES string of the molecule is CCNC(=NCCCOc1ccccc1)NCCC(=O)NC1CCCCC1.I. The van der Waals surface area contributed by atoms with Crippen LogP contribution in [0.15, 0.2) is 35.3 Å². The zero-order valence-electron chi connectivity index (χ0n) is 16.9. The normalized spacial score (nSPS) is 14.7. The molecule has 0 atom stereocenters. The molecule has 0 bridgehead atoms. The number of para-hydroxylation sites is 1. The molecule has 0 aromatic heterocycles. The minimum Gasteiger partial charge on any atom is -0.494 e. The van der Waals surface area contributed by atoms with Gasteiger partial charge >= 0.3 is 0 Å². The Bertz CT molecular complexity index is 563. The molecule has 1 saturated carbocycles. The second kappa shape index (κ2) is 15.4. The molecule has 1 aliphatic rings. The van der Waals surface area contributed by atoms with Gasteiger partial charge in [-0.3, -0.25) is 9.79 Å². The summed E-state index contributed by atoms with van der Waals surface area (Å²) in [6.45, 7) is 4.73. The van der Waals surface area contributed by atoms with E-state index < -0.39 is 0 Å². The van der Waals surface area contributed by atoms with Gasteiger partial charge in [-0.25, -0.2) is 0 Å². The van der Waals surface area contributed by atoms with Crippen molar-refractivity contribution in [2.24, 2.45) is 4.99 Å². The Morgan fingerprint density at radius 3 is 2.61 bits per heavy atom. The van der Waals surface area contributed by atoms with Crippen LogP contribution in [-0.4, -0.2) is 44.1 Å². The third kappa shape index (κ3) is 10.7. The van der Waals surface area contributed by atoms with Crippen molar-refractivity contribution in [1.82, 2.24) is 16.0 Å². The Morgan fingerprint density at radius 1 is 1.14 bits per heavy atom. The number of amides is 1. The van der Waals surface area contributed by atoms with Gasteiger partial charge in [0, 0.05) is 38.5 Å². The number of benzene rings is 1. The van der Waals surface area contributed by atoms with Crippen LogP contribution in [0.25, 0.3) is 0 Å². The summed E-state index contributed by atoms with van der Waals surface area (Å²) in [6.07, 6.45) is 7.31. The summed E-state index contributed by atoms with van der Waals surface area (Å²) in [4.78, 5) is 16.6. The highest BCUT2D eigenvalue weighted by molar-refractivity contribution is 14.0. The highest BCUT2D eigenvalue weighted by atomic mass is 127. The highest BCUT2D eigenvalue weighted by Gasteiger charge is 2.15. The van der Waals surface area contributed by atoms with Crippen LogP contribution in [0.1, 0.15) is 51.9 Å². The topological polar surface area (TPSA) is 74.8 Å². The average Bonchev–Trinajstić information content (AvgIpc) is 2.69. The molecule has 28 heavy (non-hydrogen) atoms. The lowest BCUT2D eigenvalue weighted by molar-refractivity contribution is -0.121. The Morgan fingerprint density at radius 2 is 1.89 bits per heavy atom. The number of guanidine groups is 1. The number of nitrogens with one attached hydrogen (secondary N) is 3. The van der Waals surface area contributed by atoms with Gasteiger partial charge in [0.1, 0.15) is 5.75 Å². The van der Waals surface area contributed by atoms with Crippen LogP contribution in [0.2, 0.25) is 0 Å². The summed E-state index contributed by atoms with van der Waals surface area (Å²) in [5.74, 6) is 1.76. The number of nitrogens with zero attached hydrogens (tertiary/aromatic N) is 1. The Balaban J connectivity index is 0.00000392. The lowest BCUT2D eigenvalue weighted by Crippen LogP contribution is -2.41. The molecule has 1 aromatic rings. The van der Waals surface area contributed by atoms with Crippen LogP contribution in [0.3, 0.4) is 0 Å². The third-order valence-electron chi connectivity index (χ3n) is 4.54. The molecule has 158 valence electrons. The number of hydrogen-bond acceptors (Lipinski definition) is 3. The van der Waals surface area contributed by atoms with Gasteiger partial charge in [-0.1, -0.05) is 37.5 Å². The Hall–Kier alpha value is -1.51. The molecule has 0 saturated heterocycles. The molecule has 1 aliphatic carbocycles. The van der Waals surface area contributed by atoms with E-state index in [1.807, 2.05) is 37.3 Å². The molecule has 6 nitrogen and oxygen atoms in total. The molecule has 1 aromatic carbocycles. The number of ether oxygens (including phenoxy) is 1. The number of carbonyl (C=O) groups is 1. The molecule has 1 amide bonds. The van der Waals surface area contributed by atoms with Crippen molar-refractivity contribution in [1.29, 1.82) is 0 Å². The minimum atomic E-state index is 0. The van der Waals surface area contributed by atoms with E-state index in [2.05, 4.69) is 20.9 Å². The lowest BCUT2D eigenvalue weighted by Gasteiger charge is -2.22. The molecular weight excluding hydrogens is 467 g/mol.